The minimum absolute atomic E-state index is 0.0495. The molecule has 1 heterocycles. The summed E-state index contributed by atoms with van der Waals surface area (Å²) in [6.07, 6.45) is 3.38. The van der Waals surface area contributed by atoms with E-state index in [0.717, 1.165) is 0 Å². The van der Waals surface area contributed by atoms with Gasteiger partial charge in [0, 0.05) is 17.4 Å². The summed E-state index contributed by atoms with van der Waals surface area (Å²) in [7, 11) is 0. The number of carbonyl (C=O) groups is 2. The van der Waals surface area contributed by atoms with Gasteiger partial charge in [0.2, 0.25) is 0 Å². The number of hydrogen-bond donors (Lipinski definition) is 2. The number of aryl methyl sites for hydroxylation is 1. The monoisotopic (exact) mass is 348 g/mol. The highest BCUT2D eigenvalue weighted by molar-refractivity contribution is 6.01. The van der Waals surface area contributed by atoms with E-state index in [1.54, 1.807) is 41.3 Å². The number of ketones is 1. The van der Waals surface area contributed by atoms with Crippen molar-refractivity contribution in [3.63, 3.8) is 0 Å². The van der Waals surface area contributed by atoms with Crippen LogP contribution in [0.2, 0.25) is 0 Å². The summed E-state index contributed by atoms with van der Waals surface area (Å²) in [5.74, 6) is -0.0495. The lowest BCUT2D eigenvalue weighted by molar-refractivity contribution is 0.101. The van der Waals surface area contributed by atoms with Gasteiger partial charge in [-0.3, -0.25) is 9.48 Å². The Kier molecular flexibility index (Phi) is 5.12. The molecule has 2 amide bonds. The molecule has 0 fully saturated rings. The highest BCUT2D eigenvalue weighted by atomic mass is 16.2. The molecular weight excluding hydrogens is 328 g/mol. The van der Waals surface area contributed by atoms with Crippen LogP contribution in [0, 0.1) is 6.92 Å². The van der Waals surface area contributed by atoms with Gasteiger partial charge >= 0.3 is 6.03 Å². The van der Waals surface area contributed by atoms with Crippen LogP contribution in [0.1, 0.15) is 28.4 Å². The fourth-order valence-electron chi connectivity index (χ4n) is 2.59. The lowest BCUT2D eigenvalue weighted by Gasteiger charge is -2.07. The minimum atomic E-state index is -0.388. The Morgan fingerprint density at radius 2 is 1.81 bits per heavy atom. The van der Waals surface area contributed by atoms with Gasteiger partial charge in [0.15, 0.2) is 5.78 Å². The summed E-state index contributed by atoms with van der Waals surface area (Å²) in [6, 6.07) is 14.5. The number of rotatable bonds is 5. The number of benzene rings is 2. The number of carbonyl (C=O) groups excluding carboxylic acids is 2. The molecule has 0 atom stereocenters. The first kappa shape index (κ1) is 17.4. The molecule has 3 aromatic rings. The standard InChI is InChI=1S/C20H20N4O2/c1-14-6-3-4-7-17(14)12-24-13-19(11-21-24)23-20(26)22-18-9-5-8-16(10-18)15(2)25/h3-11,13H,12H2,1-2H3,(H2,22,23,26). The van der Waals surface area contributed by atoms with E-state index >= 15 is 0 Å². The van der Waals surface area contributed by atoms with Gasteiger partial charge in [-0.2, -0.15) is 5.10 Å². The summed E-state index contributed by atoms with van der Waals surface area (Å²) in [5.41, 5.74) is 4.07. The van der Waals surface area contributed by atoms with Crippen molar-refractivity contribution in [1.82, 2.24) is 9.78 Å². The highest BCUT2D eigenvalue weighted by Gasteiger charge is 2.07. The van der Waals surface area contributed by atoms with E-state index in [9.17, 15) is 9.59 Å². The van der Waals surface area contributed by atoms with Crippen LogP contribution in [-0.2, 0) is 6.54 Å². The maximum absolute atomic E-state index is 12.1. The molecule has 0 radical (unpaired) electrons. The maximum atomic E-state index is 12.1. The summed E-state index contributed by atoms with van der Waals surface area (Å²) in [5, 5.41) is 9.74. The summed E-state index contributed by atoms with van der Waals surface area (Å²) in [6.45, 7) is 4.18. The molecule has 2 aromatic carbocycles. The summed E-state index contributed by atoms with van der Waals surface area (Å²) in [4.78, 5) is 23.6. The number of urea groups is 1. The lowest BCUT2D eigenvalue weighted by Crippen LogP contribution is -2.19. The van der Waals surface area contributed by atoms with Crippen molar-refractivity contribution in [2.75, 3.05) is 10.6 Å². The number of aromatic nitrogens is 2. The van der Waals surface area contributed by atoms with E-state index in [0.29, 0.717) is 23.5 Å². The molecule has 0 aliphatic rings. The molecule has 6 heteroatoms. The third-order valence-electron chi connectivity index (χ3n) is 4.01. The number of nitrogens with one attached hydrogen (secondary N) is 2. The molecular formula is C20H20N4O2. The van der Waals surface area contributed by atoms with E-state index in [1.807, 2.05) is 12.1 Å². The minimum Gasteiger partial charge on any atom is -0.308 e. The van der Waals surface area contributed by atoms with Gasteiger partial charge in [-0.1, -0.05) is 36.4 Å². The van der Waals surface area contributed by atoms with E-state index in [1.165, 1.54) is 18.1 Å². The second kappa shape index (κ2) is 7.65. The molecule has 0 bridgehead atoms. The van der Waals surface area contributed by atoms with Crippen LogP contribution >= 0.6 is 0 Å². The normalized spacial score (nSPS) is 10.4. The molecule has 3 rings (SSSR count). The summed E-state index contributed by atoms with van der Waals surface area (Å²) < 4.78 is 1.77. The average molecular weight is 348 g/mol. The van der Waals surface area contributed by atoms with Crippen molar-refractivity contribution >= 4 is 23.2 Å². The first-order valence-corrected chi connectivity index (χ1v) is 8.27. The van der Waals surface area contributed by atoms with Gasteiger partial charge in [0.1, 0.15) is 0 Å². The van der Waals surface area contributed by atoms with Gasteiger partial charge in [0.25, 0.3) is 0 Å². The predicted molar refractivity (Wildman–Crippen MR) is 102 cm³/mol. The Hall–Kier alpha value is -3.41. The first-order chi connectivity index (χ1) is 12.5. The number of Topliss-reactive ketones (excluding diaryl/α,β-unsaturated/α-hetero) is 1. The molecule has 0 saturated heterocycles. The Balaban J connectivity index is 1.62. The van der Waals surface area contributed by atoms with E-state index in [-0.39, 0.29) is 11.8 Å². The Bertz CT molecular complexity index is 946. The smallest absolute Gasteiger partial charge is 0.308 e. The number of nitrogens with zero attached hydrogens (tertiary/aromatic N) is 2. The average Bonchev–Trinajstić information content (AvgIpc) is 3.04. The Labute approximate surface area is 151 Å². The van der Waals surface area contributed by atoms with Crippen LogP contribution < -0.4 is 10.6 Å². The van der Waals surface area contributed by atoms with Crippen LogP contribution in [0.3, 0.4) is 0 Å². The zero-order chi connectivity index (χ0) is 18.5. The SMILES string of the molecule is CC(=O)c1cccc(NC(=O)Nc2cnn(Cc3ccccc3C)c2)c1. The fourth-order valence-corrected chi connectivity index (χ4v) is 2.59. The number of anilines is 2. The third kappa shape index (κ3) is 4.36. The maximum Gasteiger partial charge on any atom is 0.323 e. The van der Waals surface area contributed by atoms with Gasteiger partial charge in [-0.25, -0.2) is 4.79 Å². The molecule has 6 nitrogen and oxygen atoms in total. The molecule has 0 unspecified atom stereocenters. The van der Waals surface area contributed by atoms with Crippen molar-refractivity contribution in [2.24, 2.45) is 0 Å². The first-order valence-electron chi connectivity index (χ1n) is 8.27. The van der Waals surface area contributed by atoms with Crippen molar-refractivity contribution < 1.29 is 9.59 Å². The molecule has 1 aromatic heterocycles. The molecule has 0 aliphatic heterocycles. The second-order valence-corrected chi connectivity index (χ2v) is 6.07. The molecule has 0 aliphatic carbocycles. The van der Waals surface area contributed by atoms with Crippen LogP contribution in [0.25, 0.3) is 0 Å². The van der Waals surface area contributed by atoms with E-state index < -0.39 is 0 Å². The van der Waals surface area contributed by atoms with E-state index in [2.05, 4.69) is 34.8 Å². The molecule has 0 saturated carbocycles. The van der Waals surface area contributed by atoms with Crippen molar-refractivity contribution in [2.45, 2.75) is 20.4 Å². The van der Waals surface area contributed by atoms with E-state index in [4.69, 9.17) is 0 Å². The zero-order valence-electron chi connectivity index (χ0n) is 14.7. The highest BCUT2D eigenvalue weighted by Crippen LogP contribution is 2.14. The van der Waals surface area contributed by atoms with Crippen LogP contribution in [0.5, 0.6) is 0 Å². The second-order valence-electron chi connectivity index (χ2n) is 6.07. The van der Waals surface area contributed by atoms with Crippen molar-refractivity contribution in [1.29, 1.82) is 0 Å². The Morgan fingerprint density at radius 1 is 1.04 bits per heavy atom. The van der Waals surface area contributed by atoms with Crippen molar-refractivity contribution in [3.8, 4) is 0 Å². The lowest BCUT2D eigenvalue weighted by atomic mass is 10.1. The molecule has 132 valence electrons. The Morgan fingerprint density at radius 3 is 2.58 bits per heavy atom. The largest absolute Gasteiger partial charge is 0.323 e. The number of amides is 2. The molecule has 0 spiro atoms. The predicted octanol–water partition coefficient (Wildman–Crippen LogP) is 4.09. The summed E-state index contributed by atoms with van der Waals surface area (Å²) >= 11 is 0. The van der Waals surface area contributed by atoms with Crippen LogP contribution in [-0.4, -0.2) is 21.6 Å². The topological polar surface area (TPSA) is 76.0 Å². The van der Waals surface area contributed by atoms with Crippen molar-refractivity contribution in [3.05, 3.63) is 77.6 Å². The van der Waals surface area contributed by atoms with Gasteiger partial charge < -0.3 is 10.6 Å². The molecule has 26 heavy (non-hydrogen) atoms. The van der Waals surface area contributed by atoms with Crippen LogP contribution in [0.4, 0.5) is 16.2 Å². The quantitative estimate of drug-likeness (QED) is 0.682. The van der Waals surface area contributed by atoms with Gasteiger partial charge in [-0.05, 0) is 37.1 Å². The fraction of sp³-hybridized carbons (Fsp3) is 0.150. The van der Waals surface area contributed by atoms with Gasteiger partial charge in [0.05, 0.1) is 18.4 Å². The zero-order valence-corrected chi connectivity index (χ0v) is 14.7. The molecule has 2 N–H and O–H groups in total. The van der Waals surface area contributed by atoms with Gasteiger partial charge in [-0.15, -0.1) is 0 Å². The third-order valence-corrected chi connectivity index (χ3v) is 4.01. The number of hydrogen-bond acceptors (Lipinski definition) is 3. The van der Waals surface area contributed by atoms with Crippen LogP contribution in [0.15, 0.2) is 60.9 Å².